The third kappa shape index (κ3) is 6.27. The van der Waals surface area contributed by atoms with Crippen LogP contribution in [0.5, 0.6) is 5.75 Å². The Labute approximate surface area is 180 Å². The summed E-state index contributed by atoms with van der Waals surface area (Å²) in [6.07, 6.45) is 7.77. The molecular formula is C24H27F3N2O2. The minimum atomic E-state index is -1.16. The van der Waals surface area contributed by atoms with Crippen molar-refractivity contribution in [2.75, 3.05) is 20.3 Å². The Bertz CT molecular complexity index is 983. The van der Waals surface area contributed by atoms with E-state index in [1.54, 1.807) is 0 Å². The maximum absolute atomic E-state index is 13.4. The molecule has 0 unspecified atom stereocenters. The Balaban J connectivity index is 0.000000241. The zero-order valence-corrected chi connectivity index (χ0v) is 17.6. The number of alkyl halides is 1. The predicted molar refractivity (Wildman–Crippen MR) is 117 cm³/mol. The summed E-state index contributed by atoms with van der Waals surface area (Å²) in [5.74, 6) is -1.06. The van der Waals surface area contributed by atoms with E-state index in [-0.39, 0.29) is 5.75 Å². The summed E-state index contributed by atoms with van der Waals surface area (Å²) in [6, 6.07) is 11.6. The Kier molecular flexibility index (Phi) is 8.98. The molecule has 2 heterocycles. The number of hydrogen-bond acceptors (Lipinski definition) is 3. The number of ether oxygens (including phenoxy) is 1. The number of aliphatic hydroxyl groups excluding tert-OH is 1. The van der Waals surface area contributed by atoms with Gasteiger partial charge in [0.05, 0.1) is 13.7 Å². The van der Waals surface area contributed by atoms with Crippen LogP contribution in [0.25, 0.3) is 10.9 Å². The molecule has 2 aromatic carbocycles. The van der Waals surface area contributed by atoms with Crippen molar-refractivity contribution in [1.82, 2.24) is 9.88 Å². The molecule has 0 aliphatic carbocycles. The second-order valence-electron chi connectivity index (χ2n) is 7.20. The molecule has 166 valence electrons. The molecule has 7 heteroatoms. The van der Waals surface area contributed by atoms with E-state index in [0.29, 0.717) is 12.6 Å². The lowest BCUT2D eigenvalue weighted by molar-refractivity contribution is 0.0940. The Morgan fingerprint density at radius 1 is 1.19 bits per heavy atom. The van der Waals surface area contributed by atoms with Gasteiger partial charge in [0.15, 0.2) is 0 Å². The summed E-state index contributed by atoms with van der Waals surface area (Å²) in [7, 11) is 1.36. The molecule has 3 aromatic rings. The van der Waals surface area contributed by atoms with Gasteiger partial charge in [-0.1, -0.05) is 18.2 Å². The molecule has 0 saturated heterocycles. The summed E-state index contributed by atoms with van der Waals surface area (Å²) in [6.45, 7) is 2.75. The third-order valence-electron chi connectivity index (χ3n) is 5.09. The first-order valence-electron chi connectivity index (χ1n) is 9.82. The average molecular weight is 432 g/mol. The summed E-state index contributed by atoms with van der Waals surface area (Å²) in [5.41, 5.74) is 3.70. The van der Waals surface area contributed by atoms with E-state index in [2.05, 4.69) is 52.6 Å². The SMILES string of the molecule is C#C.COc1cc(F)cc(F)c1.C[C@@H]1Cc2c([nH]c3ccccc23)CN1C[C@@H](F)CO. The zero-order valence-electron chi connectivity index (χ0n) is 17.6. The van der Waals surface area contributed by atoms with Crippen LogP contribution in [0.3, 0.4) is 0 Å². The van der Waals surface area contributed by atoms with Gasteiger partial charge in [-0.3, -0.25) is 4.90 Å². The van der Waals surface area contributed by atoms with Crippen LogP contribution in [0.4, 0.5) is 13.2 Å². The van der Waals surface area contributed by atoms with E-state index < -0.39 is 24.4 Å². The predicted octanol–water partition coefficient (Wildman–Crippen LogP) is 4.47. The average Bonchev–Trinajstić information content (AvgIpc) is 3.12. The zero-order chi connectivity index (χ0) is 23.0. The Morgan fingerprint density at radius 3 is 2.45 bits per heavy atom. The second-order valence-corrected chi connectivity index (χ2v) is 7.20. The molecule has 1 aliphatic heterocycles. The number of hydrogen-bond donors (Lipinski definition) is 2. The largest absolute Gasteiger partial charge is 0.497 e. The fraction of sp³-hybridized carbons (Fsp3) is 0.333. The minimum absolute atomic E-state index is 0.192. The highest BCUT2D eigenvalue weighted by Crippen LogP contribution is 2.30. The van der Waals surface area contributed by atoms with Crippen molar-refractivity contribution in [1.29, 1.82) is 0 Å². The number of benzene rings is 2. The number of para-hydroxylation sites is 1. The van der Waals surface area contributed by atoms with Crippen LogP contribution in [0.2, 0.25) is 0 Å². The van der Waals surface area contributed by atoms with Crippen molar-refractivity contribution < 1.29 is 23.0 Å². The standard InChI is InChI=1S/C15H19FN2O.C7H6F2O.C2H2/c1-10-6-13-12-4-2-3-5-14(12)17-15(13)8-18(10)7-11(16)9-19;1-10-7-3-5(8)2-6(9)4-7;1-2/h2-5,10-11,17,19H,6-9H2,1H3;2-4H,1H3;1-2H/t10-,11-;;/m1../s1. The molecular weight excluding hydrogens is 405 g/mol. The van der Waals surface area contributed by atoms with Crippen LogP contribution in [-0.2, 0) is 13.0 Å². The number of aliphatic hydroxyl groups is 1. The van der Waals surface area contributed by atoms with Gasteiger partial charge in [0.25, 0.3) is 0 Å². The highest BCUT2D eigenvalue weighted by Gasteiger charge is 2.27. The lowest BCUT2D eigenvalue weighted by atomic mass is 9.97. The van der Waals surface area contributed by atoms with Crippen molar-refractivity contribution in [3.8, 4) is 18.6 Å². The quantitative estimate of drug-likeness (QED) is 0.598. The molecule has 0 bridgehead atoms. The fourth-order valence-corrected chi connectivity index (χ4v) is 3.61. The van der Waals surface area contributed by atoms with Crippen molar-refractivity contribution >= 4 is 10.9 Å². The van der Waals surface area contributed by atoms with Gasteiger partial charge in [0.2, 0.25) is 0 Å². The molecule has 4 nitrogen and oxygen atoms in total. The van der Waals surface area contributed by atoms with Crippen molar-refractivity contribution in [3.05, 3.63) is 65.4 Å². The summed E-state index contributed by atoms with van der Waals surface area (Å²) in [4.78, 5) is 5.53. The first kappa shape index (κ1) is 24.3. The molecule has 4 rings (SSSR count). The normalized spacial score (nSPS) is 16.3. The van der Waals surface area contributed by atoms with Gasteiger partial charge in [-0.2, -0.15) is 0 Å². The molecule has 0 saturated carbocycles. The van der Waals surface area contributed by atoms with Crippen LogP contribution in [0.1, 0.15) is 18.2 Å². The van der Waals surface area contributed by atoms with Gasteiger partial charge < -0.3 is 14.8 Å². The molecule has 0 fully saturated rings. The van der Waals surface area contributed by atoms with Crippen LogP contribution < -0.4 is 4.74 Å². The smallest absolute Gasteiger partial charge is 0.136 e. The highest BCUT2D eigenvalue weighted by atomic mass is 19.1. The molecule has 0 radical (unpaired) electrons. The molecule has 1 aromatic heterocycles. The fourth-order valence-electron chi connectivity index (χ4n) is 3.61. The number of aromatic amines is 1. The Morgan fingerprint density at radius 2 is 1.84 bits per heavy atom. The molecule has 31 heavy (non-hydrogen) atoms. The van der Waals surface area contributed by atoms with E-state index in [0.717, 1.165) is 36.7 Å². The number of rotatable bonds is 4. The van der Waals surface area contributed by atoms with E-state index in [9.17, 15) is 13.2 Å². The number of H-pyrrole nitrogens is 1. The second kappa shape index (κ2) is 11.4. The summed E-state index contributed by atoms with van der Waals surface area (Å²) < 4.78 is 42.6. The minimum Gasteiger partial charge on any atom is -0.497 e. The van der Waals surface area contributed by atoms with Crippen molar-refractivity contribution in [2.45, 2.75) is 32.1 Å². The summed E-state index contributed by atoms with van der Waals surface area (Å²) in [5, 5.41) is 10.1. The lowest BCUT2D eigenvalue weighted by Gasteiger charge is -2.34. The number of halogens is 3. The summed E-state index contributed by atoms with van der Waals surface area (Å²) >= 11 is 0. The van der Waals surface area contributed by atoms with E-state index in [1.807, 2.05) is 6.07 Å². The number of terminal acetylenes is 1. The molecule has 2 N–H and O–H groups in total. The van der Waals surface area contributed by atoms with Crippen molar-refractivity contribution in [2.24, 2.45) is 0 Å². The van der Waals surface area contributed by atoms with Crippen LogP contribution in [0, 0.1) is 24.5 Å². The molecule has 2 atom stereocenters. The van der Waals surface area contributed by atoms with E-state index >= 15 is 0 Å². The third-order valence-corrected chi connectivity index (χ3v) is 5.09. The molecule has 0 amide bonds. The van der Waals surface area contributed by atoms with Crippen LogP contribution in [-0.4, -0.2) is 47.5 Å². The maximum atomic E-state index is 13.4. The molecule has 0 spiro atoms. The van der Waals surface area contributed by atoms with Crippen molar-refractivity contribution in [3.63, 3.8) is 0 Å². The maximum Gasteiger partial charge on any atom is 0.136 e. The van der Waals surface area contributed by atoms with Gasteiger partial charge in [0, 0.05) is 53.9 Å². The van der Waals surface area contributed by atoms with Crippen LogP contribution in [0.15, 0.2) is 42.5 Å². The first-order chi connectivity index (χ1) is 14.9. The van der Waals surface area contributed by atoms with Gasteiger partial charge in [-0.15, -0.1) is 12.8 Å². The van der Waals surface area contributed by atoms with Gasteiger partial charge in [0.1, 0.15) is 23.6 Å². The number of nitrogens with one attached hydrogen (secondary N) is 1. The number of nitrogens with zero attached hydrogens (tertiary/aromatic N) is 1. The van der Waals surface area contributed by atoms with E-state index in [4.69, 9.17) is 5.11 Å². The first-order valence-corrected chi connectivity index (χ1v) is 9.82. The molecule has 1 aliphatic rings. The topological polar surface area (TPSA) is 48.5 Å². The Hall–Kier alpha value is -2.95. The lowest BCUT2D eigenvalue weighted by Crippen LogP contribution is -2.42. The van der Waals surface area contributed by atoms with Gasteiger partial charge in [-0.05, 0) is 25.0 Å². The van der Waals surface area contributed by atoms with Gasteiger partial charge >= 0.3 is 0 Å². The van der Waals surface area contributed by atoms with E-state index in [1.165, 1.54) is 23.8 Å². The monoisotopic (exact) mass is 432 g/mol. The number of fused-ring (bicyclic) bond motifs is 3. The number of methoxy groups -OCH3 is 1. The van der Waals surface area contributed by atoms with Gasteiger partial charge in [-0.25, -0.2) is 13.2 Å². The van der Waals surface area contributed by atoms with Crippen LogP contribution >= 0.6 is 0 Å². The highest BCUT2D eigenvalue weighted by molar-refractivity contribution is 5.84. The number of aromatic nitrogens is 1.